The van der Waals surface area contributed by atoms with E-state index in [1.165, 1.54) is 11.1 Å². The van der Waals surface area contributed by atoms with E-state index in [4.69, 9.17) is 0 Å². The van der Waals surface area contributed by atoms with Crippen molar-refractivity contribution in [2.75, 3.05) is 0 Å². The van der Waals surface area contributed by atoms with Crippen molar-refractivity contribution in [3.63, 3.8) is 0 Å². The zero-order valence-corrected chi connectivity index (χ0v) is 12.1. The van der Waals surface area contributed by atoms with Crippen molar-refractivity contribution in [1.82, 2.24) is 0 Å². The molecule has 0 aliphatic rings. The van der Waals surface area contributed by atoms with Crippen LogP contribution in [0.1, 0.15) is 42.9 Å². The van der Waals surface area contributed by atoms with Crippen molar-refractivity contribution >= 4 is 17.1 Å². The van der Waals surface area contributed by atoms with Gasteiger partial charge in [-0.2, -0.15) is 0 Å². The number of thiophene rings is 1. The lowest BCUT2D eigenvalue weighted by molar-refractivity contribution is 0.102. The summed E-state index contributed by atoms with van der Waals surface area (Å²) < 4.78 is 0. The van der Waals surface area contributed by atoms with Crippen LogP contribution in [-0.2, 0) is 5.41 Å². The lowest BCUT2D eigenvalue weighted by atomic mass is 9.86. The van der Waals surface area contributed by atoms with Gasteiger partial charge < -0.3 is 0 Å². The minimum atomic E-state index is 0.137. The fourth-order valence-corrected chi connectivity index (χ4v) is 2.72. The third-order valence-corrected chi connectivity index (χ3v) is 4.22. The summed E-state index contributed by atoms with van der Waals surface area (Å²) in [4.78, 5) is 13.3. The van der Waals surface area contributed by atoms with Crippen LogP contribution in [0.4, 0.5) is 0 Å². The number of ketones is 1. The summed E-state index contributed by atoms with van der Waals surface area (Å²) in [5.74, 6) is 0.137. The van der Waals surface area contributed by atoms with E-state index in [2.05, 4.69) is 45.0 Å². The fourth-order valence-electron chi connectivity index (χ4n) is 1.82. The van der Waals surface area contributed by atoms with Crippen LogP contribution in [-0.4, -0.2) is 5.78 Å². The van der Waals surface area contributed by atoms with Crippen molar-refractivity contribution in [1.29, 1.82) is 0 Å². The lowest BCUT2D eigenvalue weighted by Gasteiger charge is -2.18. The lowest BCUT2D eigenvalue weighted by Crippen LogP contribution is -2.10. The summed E-state index contributed by atoms with van der Waals surface area (Å²) in [6.07, 6.45) is 0. The number of benzene rings is 1. The minimum Gasteiger partial charge on any atom is -0.294 e. The molecule has 2 rings (SSSR count). The van der Waals surface area contributed by atoms with Gasteiger partial charge in [0.2, 0.25) is 0 Å². The molecule has 1 heterocycles. The van der Waals surface area contributed by atoms with Crippen LogP contribution in [0.5, 0.6) is 0 Å². The molecule has 0 aliphatic heterocycles. The molecule has 2 heteroatoms. The monoisotopic (exact) mass is 258 g/mol. The number of carbonyl (C=O) groups is 1. The van der Waals surface area contributed by atoms with E-state index < -0.39 is 0 Å². The Morgan fingerprint density at radius 2 is 1.61 bits per heavy atom. The van der Waals surface area contributed by atoms with Crippen LogP contribution in [0.15, 0.2) is 36.4 Å². The Morgan fingerprint density at radius 3 is 2.06 bits per heavy atom. The molecule has 1 aromatic carbocycles. The van der Waals surface area contributed by atoms with Gasteiger partial charge in [0.15, 0.2) is 5.78 Å². The van der Waals surface area contributed by atoms with E-state index in [-0.39, 0.29) is 11.2 Å². The van der Waals surface area contributed by atoms with Crippen LogP contribution < -0.4 is 0 Å². The molecule has 0 amide bonds. The molecule has 1 aromatic heterocycles. The van der Waals surface area contributed by atoms with Crippen molar-refractivity contribution in [2.45, 2.75) is 33.1 Å². The third kappa shape index (κ3) is 2.70. The maximum absolute atomic E-state index is 11.3. The minimum absolute atomic E-state index is 0.137. The molecule has 2 aromatic rings. The maximum Gasteiger partial charge on any atom is 0.169 e. The fraction of sp³-hybridized carbons (Fsp3) is 0.312. The Morgan fingerprint density at radius 1 is 1.00 bits per heavy atom. The van der Waals surface area contributed by atoms with Gasteiger partial charge in [0.05, 0.1) is 4.88 Å². The summed E-state index contributed by atoms with van der Waals surface area (Å²) >= 11 is 1.56. The maximum atomic E-state index is 11.3. The van der Waals surface area contributed by atoms with Gasteiger partial charge in [-0.25, -0.2) is 0 Å². The molecule has 0 fully saturated rings. The molecule has 1 nitrogen and oxygen atoms in total. The average molecular weight is 258 g/mol. The van der Waals surface area contributed by atoms with Crippen LogP contribution in [0.3, 0.4) is 0 Å². The smallest absolute Gasteiger partial charge is 0.169 e. The summed E-state index contributed by atoms with van der Waals surface area (Å²) in [7, 11) is 0. The molecule has 18 heavy (non-hydrogen) atoms. The first-order chi connectivity index (χ1) is 8.38. The molecule has 0 aliphatic carbocycles. The highest BCUT2D eigenvalue weighted by atomic mass is 32.1. The van der Waals surface area contributed by atoms with Crippen molar-refractivity contribution in [3.05, 3.63) is 46.8 Å². The molecule has 0 saturated heterocycles. The number of Topliss-reactive ketones (excluding diaryl/α,β-unsaturated/α-hetero) is 1. The van der Waals surface area contributed by atoms with E-state index in [0.717, 1.165) is 9.75 Å². The largest absolute Gasteiger partial charge is 0.294 e. The Bertz CT molecular complexity index is 556. The molecular weight excluding hydrogens is 240 g/mol. The number of rotatable bonds is 2. The highest BCUT2D eigenvalue weighted by Crippen LogP contribution is 2.30. The molecule has 0 N–H and O–H groups in total. The summed E-state index contributed by atoms with van der Waals surface area (Å²) in [6, 6.07) is 12.5. The predicted octanol–water partition coefficient (Wildman–Crippen LogP) is 4.92. The number of hydrogen-bond acceptors (Lipinski definition) is 2. The van der Waals surface area contributed by atoms with E-state index in [9.17, 15) is 4.79 Å². The van der Waals surface area contributed by atoms with Gasteiger partial charge in [0.25, 0.3) is 0 Å². The molecule has 0 radical (unpaired) electrons. The van der Waals surface area contributed by atoms with Gasteiger partial charge >= 0.3 is 0 Å². The quantitative estimate of drug-likeness (QED) is 0.699. The highest BCUT2D eigenvalue weighted by molar-refractivity contribution is 7.17. The van der Waals surface area contributed by atoms with E-state index in [0.29, 0.717) is 0 Å². The van der Waals surface area contributed by atoms with Crippen molar-refractivity contribution in [2.24, 2.45) is 0 Å². The topological polar surface area (TPSA) is 17.1 Å². The second-order valence-electron chi connectivity index (χ2n) is 5.55. The molecule has 0 bridgehead atoms. The first-order valence-electron chi connectivity index (χ1n) is 6.09. The standard InChI is InChI=1S/C16H18OS/c1-11(17)14-9-10-15(18-14)12-5-7-13(8-6-12)16(2,3)4/h5-10H,1-4H3. The first kappa shape index (κ1) is 13.0. The molecule has 94 valence electrons. The predicted molar refractivity (Wildman–Crippen MR) is 78.5 cm³/mol. The Labute approximate surface area is 112 Å². The van der Waals surface area contributed by atoms with Crippen LogP contribution in [0.25, 0.3) is 10.4 Å². The molecule has 0 atom stereocenters. The molecule has 0 saturated carbocycles. The molecular formula is C16H18OS. The summed E-state index contributed by atoms with van der Waals surface area (Å²) in [5.41, 5.74) is 2.69. The Hall–Kier alpha value is -1.41. The van der Waals surface area contributed by atoms with Crippen molar-refractivity contribution < 1.29 is 4.79 Å². The second kappa shape index (κ2) is 4.69. The van der Waals surface area contributed by atoms with Gasteiger partial charge in [0.1, 0.15) is 0 Å². The van der Waals surface area contributed by atoms with Gasteiger partial charge in [0, 0.05) is 4.88 Å². The summed E-state index contributed by atoms with van der Waals surface area (Å²) in [5, 5.41) is 0. The van der Waals surface area contributed by atoms with Gasteiger partial charge in [-0.15, -0.1) is 11.3 Å². The van der Waals surface area contributed by atoms with Gasteiger partial charge in [-0.1, -0.05) is 45.0 Å². The Kier molecular flexibility index (Phi) is 3.40. The SMILES string of the molecule is CC(=O)c1ccc(-c2ccc(C(C)(C)C)cc2)s1. The zero-order chi connectivity index (χ0) is 13.3. The van der Waals surface area contributed by atoms with Gasteiger partial charge in [-0.3, -0.25) is 4.79 Å². The van der Waals surface area contributed by atoms with E-state index in [1.807, 2.05) is 12.1 Å². The van der Waals surface area contributed by atoms with E-state index >= 15 is 0 Å². The molecule has 0 unspecified atom stereocenters. The van der Waals surface area contributed by atoms with Crippen LogP contribution >= 0.6 is 11.3 Å². The number of hydrogen-bond donors (Lipinski definition) is 0. The van der Waals surface area contributed by atoms with Gasteiger partial charge in [-0.05, 0) is 35.6 Å². The van der Waals surface area contributed by atoms with Crippen LogP contribution in [0.2, 0.25) is 0 Å². The third-order valence-electron chi connectivity index (χ3n) is 2.99. The van der Waals surface area contributed by atoms with Crippen molar-refractivity contribution in [3.8, 4) is 10.4 Å². The Balaban J connectivity index is 2.31. The normalized spacial score (nSPS) is 11.6. The molecule has 0 spiro atoms. The first-order valence-corrected chi connectivity index (χ1v) is 6.91. The second-order valence-corrected chi connectivity index (χ2v) is 6.63. The van der Waals surface area contributed by atoms with Crippen LogP contribution in [0, 0.1) is 0 Å². The zero-order valence-electron chi connectivity index (χ0n) is 11.3. The average Bonchev–Trinajstić information content (AvgIpc) is 2.77. The highest BCUT2D eigenvalue weighted by Gasteiger charge is 2.13. The number of carbonyl (C=O) groups excluding carboxylic acids is 1. The summed E-state index contributed by atoms with van der Waals surface area (Å²) in [6.45, 7) is 8.24. The van der Waals surface area contributed by atoms with E-state index in [1.54, 1.807) is 18.3 Å².